The zero-order chi connectivity index (χ0) is 8.27. The summed E-state index contributed by atoms with van der Waals surface area (Å²) in [6, 6.07) is 1.74. The van der Waals surface area contributed by atoms with Crippen molar-refractivity contribution < 1.29 is 0 Å². The molecule has 0 fully saturated rings. The second-order valence-electron chi connectivity index (χ2n) is 2.16. The molecule has 0 unspecified atom stereocenters. The smallest absolute Gasteiger partial charge is 0.273 e. The molecule has 0 saturated heterocycles. The van der Waals surface area contributed by atoms with E-state index in [4.69, 9.17) is 5.73 Å². The van der Waals surface area contributed by atoms with Gasteiger partial charge in [-0.05, 0) is 13.0 Å². The predicted molar refractivity (Wildman–Crippen MR) is 45.6 cm³/mol. The van der Waals surface area contributed by atoms with Crippen LogP contribution in [-0.2, 0) is 0 Å². The van der Waals surface area contributed by atoms with E-state index in [1.54, 1.807) is 12.3 Å². The molecule has 0 saturated carbocycles. The number of H-pyrrole nitrogens is 1. The van der Waals surface area contributed by atoms with E-state index in [0.717, 1.165) is 6.54 Å². The van der Waals surface area contributed by atoms with Gasteiger partial charge in [0.2, 0.25) is 0 Å². The van der Waals surface area contributed by atoms with Gasteiger partial charge in [-0.3, -0.25) is 4.79 Å². The molecule has 4 heteroatoms. The Bertz CT molecular complexity index is 292. The minimum Gasteiger partial charge on any atom is -0.393 e. The van der Waals surface area contributed by atoms with E-state index >= 15 is 0 Å². The van der Waals surface area contributed by atoms with Gasteiger partial charge < -0.3 is 16.0 Å². The van der Waals surface area contributed by atoms with Crippen LogP contribution in [0.5, 0.6) is 0 Å². The Morgan fingerprint density at radius 2 is 2.45 bits per heavy atom. The highest BCUT2D eigenvalue weighted by molar-refractivity contribution is 5.63. The van der Waals surface area contributed by atoms with Crippen molar-refractivity contribution in [2.24, 2.45) is 0 Å². The predicted octanol–water partition coefficient (Wildman–Crippen LogP) is 0.389. The molecule has 0 amide bonds. The Labute approximate surface area is 64.4 Å². The van der Waals surface area contributed by atoms with E-state index in [9.17, 15) is 4.79 Å². The summed E-state index contributed by atoms with van der Waals surface area (Å²) in [5.74, 6) is 0. The largest absolute Gasteiger partial charge is 0.393 e. The molecule has 0 aliphatic rings. The zero-order valence-electron chi connectivity index (χ0n) is 6.35. The third kappa shape index (κ3) is 1.52. The minimum absolute atomic E-state index is 0.245. The highest BCUT2D eigenvalue weighted by atomic mass is 16.1. The molecule has 4 nitrogen and oxygen atoms in total. The van der Waals surface area contributed by atoms with Gasteiger partial charge in [-0.2, -0.15) is 0 Å². The molecule has 1 rings (SSSR count). The molecule has 1 heterocycles. The van der Waals surface area contributed by atoms with E-state index in [2.05, 4.69) is 10.3 Å². The minimum atomic E-state index is -0.247. The lowest BCUT2D eigenvalue weighted by Crippen LogP contribution is -2.14. The van der Waals surface area contributed by atoms with E-state index in [-0.39, 0.29) is 11.2 Å². The van der Waals surface area contributed by atoms with Gasteiger partial charge in [0, 0.05) is 12.7 Å². The van der Waals surface area contributed by atoms with Gasteiger partial charge in [0.05, 0.1) is 5.69 Å². The number of nitrogen functional groups attached to an aromatic ring is 1. The molecule has 0 atom stereocenters. The Kier molecular flexibility index (Phi) is 2.15. The number of anilines is 2. The maximum absolute atomic E-state index is 10.9. The van der Waals surface area contributed by atoms with E-state index in [1.165, 1.54) is 0 Å². The highest BCUT2D eigenvalue weighted by Crippen LogP contribution is 2.09. The van der Waals surface area contributed by atoms with Crippen LogP contribution in [0.15, 0.2) is 17.1 Å². The van der Waals surface area contributed by atoms with Gasteiger partial charge in [0.1, 0.15) is 5.69 Å². The quantitative estimate of drug-likeness (QED) is 0.575. The zero-order valence-corrected chi connectivity index (χ0v) is 6.35. The van der Waals surface area contributed by atoms with Crippen LogP contribution >= 0.6 is 0 Å². The van der Waals surface area contributed by atoms with Crippen LogP contribution in [0.4, 0.5) is 11.4 Å². The molecule has 1 aromatic rings. The third-order valence-electron chi connectivity index (χ3n) is 1.37. The fourth-order valence-electron chi connectivity index (χ4n) is 0.835. The number of pyridine rings is 1. The van der Waals surface area contributed by atoms with Crippen molar-refractivity contribution in [1.82, 2.24) is 4.98 Å². The molecule has 0 spiro atoms. The molecule has 0 aliphatic carbocycles. The van der Waals surface area contributed by atoms with Crippen molar-refractivity contribution >= 4 is 11.4 Å². The lowest BCUT2D eigenvalue weighted by molar-refractivity contribution is 1.18. The van der Waals surface area contributed by atoms with Crippen LogP contribution in [0.1, 0.15) is 6.92 Å². The summed E-state index contributed by atoms with van der Waals surface area (Å²) in [5.41, 5.74) is 6.15. The molecular weight excluding hydrogens is 142 g/mol. The number of nitrogens with one attached hydrogen (secondary N) is 2. The molecule has 60 valence electrons. The Morgan fingerprint density at radius 3 is 3.09 bits per heavy atom. The topological polar surface area (TPSA) is 70.9 Å². The summed E-state index contributed by atoms with van der Waals surface area (Å²) in [4.78, 5) is 13.4. The monoisotopic (exact) mass is 153 g/mol. The first kappa shape index (κ1) is 7.65. The van der Waals surface area contributed by atoms with E-state index in [0.29, 0.717) is 5.69 Å². The van der Waals surface area contributed by atoms with E-state index < -0.39 is 0 Å². The maximum Gasteiger partial charge on any atom is 0.273 e. The molecular formula is C7H11N3O. The second kappa shape index (κ2) is 3.09. The first-order valence-electron chi connectivity index (χ1n) is 3.46. The lowest BCUT2D eigenvalue weighted by atomic mass is 10.3. The number of rotatable bonds is 2. The molecule has 4 N–H and O–H groups in total. The maximum atomic E-state index is 10.9. The summed E-state index contributed by atoms with van der Waals surface area (Å²) in [6.07, 6.45) is 1.57. The van der Waals surface area contributed by atoms with Crippen LogP contribution < -0.4 is 16.6 Å². The molecule has 0 radical (unpaired) electrons. The van der Waals surface area contributed by atoms with Crippen molar-refractivity contribution in [2.75, 3.05) is 17.6 Å². The van der Waals surface area contributed by atoms with Crippen LogP contribution in [0, 0.1) is 0 Å². The first-order chi connectivity index (χ1) is 5.25. The molecule has 11 heavy (non-hydrogen) atoms. The van der Waals surface area contributed by atoms with Gasteiger partial charge in [0.15, 0.2) is 0 Å². The SMILES string of the molecule is CCNc1cc[nH]c(=O)c1N. The van der Waals surface area contributed by atoms with E-state index in [1.807, 2.05) is 6.92 Å². The Morgan fingerprint density at radius 1 is 1.73 bits per heavy atom. The fraction of sp³-hybridized carbons (Fsp3) is 0.286. The van der Waals surface area contributed by atoms with Crippen LogP contribution in [0.3, 0.4) is 0 Å². The summed E-state index contributed by atoms with van der Waals surface area (Å²) in [5, 5.41) is 2.97. The van der Waals surface area contributed by atoms with Crippen LogP contribution in [-0.4, -0.2) is 11.5 Å². The van der Waals surface area contributed by atoms with Crippen LogP contribution in [0.25, 0.3) is 0 Å². The molecule has 0 aliphatic heterocycles. The van der Waals surface area contributed by atoms with Crippen LogP contribution in [0.2, 0.25) is 0 Å². The summed E-state index contributed by atoms with van der Waals surface area (Å²) < 4.78 is 0. The third-order valence-corrected chi connectivity index (χ3v) is 1.37. The normalized spacial score (nSPS) is 9.55. The van der Waals surface area contributed by atoms with Crippen molar-refractivity contribution in [3.63, 3.8) is 0 Å². The summed E-state index contributed by atoms with van der Waals surface area (Å²) in [6.45, 7) is 2.70. The molecule has 1 aromatic heterocycles. The Balaban J connectivity index is 3.06. The number of nitrogens with two attached hydrogens (primary N) is 1. The molecule has 0 bridgehead atoms. The standard InChI is InChI=1S/C7H11N3O/c1-2-9-5-3-4-10-7(11)6(5)8/h3-4H,2,8H2,1H3,(H2,9,10,11). The first-order valence-corrected chi connectivity index (χ1v) is 3.46. The lowest BCUT2D eigenvalue weighted by Gasteiger charge is -2.03. The van der Waals surface area contributed by atoms with Gasteiger partial charge >= 0.3 is 0 Å². The van der Waals surface area contributed by atoms with Crippen molar-refractivity contribution in [1.29, 1.82) is 0 Å². The number of hydrogen-bond donors (Lipinski definition) is 3. The fourth-order valence-corrected chi connectivity index (χ4v) is 0.835. The number of aromatic amines is 1. The number of aromatic nitrogens is 1. The highest BCUT2D eigenvalue weighted by Gasteiger charge is 1.98. The van der Waals surface area contributed by atoms with Crippen molar-refractivity contribution in [3.05, 3.63) is 22.6 Å². The number of hydrogen-bond acceptors (Lipinski definition) is 3. The Hall–Kier alpha value is -1.45. The van der Waals surface area contributed by atoms with Gasteiger partial charge in [0.25, 0.3) is 5.56 Å². The second-order valence-corrected chi connectivity index (χ2v) is 2.16. The van der Waals surface area contributed by atoms with Gasteiger partial charge in [-0.1, -0.05) is 0 Å². The van der Waals surface area contributed by atoms with Crippen molar-refractivity contribution in [3.8, 4) is 0 Å². The van der Waals surface area contributed by atoms with Gasteiger partial charge in [-0.25, -0.2) is 0 Å². The summed E-state index contributed by atoms with van der Waals surface area (Å²) in [7, 11) is 0. The average molecular weight is 153 g/mol. The summed E-state index contributed by atoms with van der Waals surface area (Å²) >= 11 is 0. The molecule has 0 aromatic carbocycles. The average Bonchev–Trinajstić information content (AvgIpc) is 1.99. The van der Waals surface area contributed by atoms with Gasteiger partial charge in [-0.15, -0.1) is 0 Å². The van der Waals surface area contributed by atoms with Crippen molar-refractivity contribution in [2.45, 2.75) is 6.92 Å².